The van der Waals surface area contributed by atoms with E-state index < -0.39 is 0 Å². The van der Waals surface area contributed by atoms with Crippen LogP contribution in [-0.4, -0.2) is 31.3 Å². The predicted octanol–water partition coefficient (Wildman–Crippen LogP) is 2.30. The molecular formula is C14H20N2OS. The van der Waals surface area contributed by atoms with Gasteiger partial charge in [-0.2, -0.15) is 0 Å². The smallest absolute Gasteiger partial charge is 0.237 e. The van der Waals surface area contributed by atoms with Crippen molar-refractivity contribution in [3.8, 4) is 0 Å². The normalized spacial score (nSPS) is 15.1. The van der Waals surface area contributed by atoms with Crippen molar-refractivity contribution in [3.05, 3.63) is 23.8 Å². The number of fused-ring (bicyclic) bond motifs is 1. The Kier molecular flexibility index (Phi) is 4.30. The largest absolute Gasteiger partial charge is 0.319 e. The number of thioether (sulfide) groups is 1. The number of nitrogens with one attached hydrogen (secondary N) is 1. The van der Waals surface area contributed by atoms with Gasteiger partial charge in [0.15, 0.2) is 0 Å². The molecule has 0 radical (unpaired) electrons. The van der Waals surface area contributed by atoms with Gasteiger partial charge in [0.05, 0.1) is 11.4 Å². The molecule has 0 unspecified atom stereocenters. The third kappa shape index (κ3) is 2.70. The zero-order chi connectivity index (χ0) is 13.1. The van der Waals surface area contributed by atoms with Crippen molar-refractivity contribution in [1.82, 2.24) is 5.32 Å². The van der Waals surface area contributed by atoms with Crippen LogP contribution >= 0.6 is 11.8 Å². The van der Waals surface area contributed by atoms with Crippen LogP contribution in [0, 0.1) is 0 Å². The Bertz CT molecular complexity index is 445. The maximum absolute atomic E-state index is 12.0. The highest BCUT2D eigenvalue weighted by atomic mass is 32.2. The zero-order valence-corrected chi connectivity index (χ0v) is 12.0. The third-order valence-electron chi connectivity index (χ3n) is 3.08. The van der Waals surface area contributed by atoms with E-state index in [1.165, 1.54) is 10.5 Å². The highest BCUT2D eigenvalue weighted by molar-refractivity contribution is 8.00. The Hall–Kier alpha value is -1.000. The van der Waals surface area contributed by atoms with E-state index >= 15 is 0 Å². The molecule has 1 heterocycles. The summed E-state index contributed by atoms with van der Waals surface area (Å²) in [5.41, 5.74) is 2.36. The van der Waals surface area contributed by atoms with E-state index in [4.69, 9.17) is 0 Å². The van der Waals surface area contributed by atoms with Crippen LogP contribution in [0.25, 0.3) is 0 Å². The minimum absolute atomic E-state index is 0.216. The summed E-state index contributed by atoms with van der Waals surface area (Å²) in [6, 6.07) is 6.69. The first-order valence-electron chi connectivity index (χ1n) is 6.36. The molecule has 4 heteroatoms. The first-order chi connectivity index (χ1) is 8.63. The van der Waals surface area contributed by atoms with Crippen LogP contribution in [0.1, 0.15) is 19.4 Å². The van der Waals surface area contributed by atoms with Gasteiger partial charge >= 0.3 is 0 Å². The molecule has 1 N–H and O–H groups in total. The summed E-state index contributed by atoms with van der Waals surface area (Å²) in [6.45, 7) is 5.09. The second-order valence-corrected chi connectivity index (χ2v) is 5.82. The van der Waals surface area contributed by atoms with Gasteiger partial charge in [-0.1, -0.05) is 6.07 Å². The van der Waals surface area contributed by atoms with Crippen LogP contribution in [0.15, 0.2) is 23.1 Å². The average Bonchev–Trinajstić information content (AvgIpc) is 2.35. The number of benzene rings is 1. The molecule has 0 atom stereocenters. The van der Waals surface area contributed by atoms with Gasteiger partial charge in [0.2, 0.25) is 5.91 Å². The van der Waals surface area contributed by atoms with Gasteiger partial charge in [0, 0.05) is 10.9 Å². The van der Waals surface area contributed by atoms with Gasteiger partial charge in [-0.15, -0.1) is 11.8 Å². The summed E-state index contributed by atoms with van der Waals surface area (Å²) < 4.78 is 0. The quantitative estimate of drug-likeness (QED) is 0.905. The minimum atomic E-state index is 0.216. The molecule has 1 aliphatic rings. The van der Waals surface area contributed by atoms with E-state index in [1.807, 2.05) is 11.9 Å². The van der Waals surface area contributed by atoms with E-state index in [1.54, 1.807) is 11.8 Å². The first-order valence-corrected chi connectivity index (χ1v) is 7.34. The Morgan fingerprint density at radius 3 is 2.89 bits per heavy atom. The minimum Gasteiger partial charge on any atom is -0.319 e. The SMILES string of the molecule is CNCCc1ccc2c(c1)N(C(C)C)C(=O)CS2. The van der Waals surface area contributed by atoms with Gasteiger partial charge in [0.1, 0.15) is 0 Å². The van der Waals surface area contributed by atoms with Crippen molar-refractivity contribution in [2.24, 2.45) is 0 Å². The fourth-order valence-corrected chi connectivity index (χ4v) is 3.10. The molecule has 1 aromatic rings. The number of carbonyl (C=O) groups excluding carboxylic acids is 1. The van der Waals surface area contributed by atoms with Crippen molar-refractivity contribution in [3.63, 3.8) is 0 Å². The molecule has 98 valence electrons. The lowest BCUT2D eigenvalue weighted by molar-refractivity contribution is -0.116. The van der Waals surface area contributed by atoms with Crippen LogP contribution in [-0.2, 0) is 11.2 Å². The third-order valence-corrected chi connectivity index (χ3v) is 4.13. The molecule has 2 rings (SSSR count). The molecule has 0 fully saturated rings. The summed E-state index contributed by atoms with van der Waals surface area (Å²) in [5, 5.41) is 3.15. The van der Waals surface area contributed by atoms with E-state index in [0.29, 0.717) is 5.75 Å². The van der Waals surface area contributed by atoms with Crippen molar-refractivity contribution in [1.29, 1.82) is 0 Å². The molecule has 0 saturated heterocycles. The molecule has 3 nitrogen and oxygen atoms in total. The van der Waals surface area contributed by atoms with Crippen molar-refractivity contribution >= 4 is 23.4 Å². The molecule has 18 heavy (non-hydrogen) atoms. The molecule has 1 amide bonds. The first kappa shape index (κ1) is 13.4. The summed E-state index contributed by atoms with van der Waals surface area (Å²) >= 11 is 1.64. The monoisotopic (exact) mass is 264 g/mol. The Labute approximate surface area is 113 Å². The molecular weight excluding hydrogens is 244 g/mol. The highest BCUT2D eigenvalue weighted by Gasteiger charge is 2.26. The lowest BCUT2D eigenvalue weighted by Crippen LogP contribution is -2.40. The van der Waals surface area contributed by atoms with E-state index in [0.717, 1.165) is 18.7 Å². The topological polar surface area (TPSA) is 32.3 Å². The number of amides is 1. The van der Waals surface area contributed by atoms with Crippen molar-refractivity contribution in [2.45, 2.75) is 31.2 Å². The summed E-state index contributed by atoms with van der Waals surface area (Å²) in [4.78, 5) is 15.2. The molecule has 0 aliphatic carbocycles. The van der Waals surface area contributed by atoms with Gasteiger partial charge in [-0.25, -0.2) is 0 Å². The zero-order valence-electron chi connectivity index (χ0n) is 11.2. The summed E-state index contributed by atoms with van der Waals surface area (Å²) in [6.07, 6.45) is 0.995. The molecule has 0 aromatic heterocycles. The fourth-order valence-electron chi connectivity index (χ4n) is 2.21. The number of hydrogen-bond acceptors (Lipinski definition) is 3. The maximum Gasteiger partial charge on any atom is 0.237 e. The standard InChI is InChI=1S/C14H20N2OS/c1-10(2)16-12-8-11(6-7-15-3)4-5-13(12)18-9-14(16)17/h4-5,8,10,15H,6-7,9H2,1-3H3. The maximum atomic E-state index is 12.0. The Balaban J connectivity index is 2.32. The number of carbonyl (C=O) groups is 1. The molecule has 1 aliphatic heterocycles. The van der Waals surface area contributed by atoms with Crippen LogP contribution in [0.5, 0.6) is 0 Å². The second kappa shape index (κ2) is 5.76. The summed E-state index contributed by atoms with van der Waals surface area (Å²) in [5.74, 6) is 0.773. The van der Waals surface area contributed by atoms with Crippen LogP contribution in [0.2, 0.25) is 0 Å². The van der Waals surface area contributed by atoms with Gasteiger partial charge in [0.25, 0.3) is 0 Å². The lowest BCUT2D eigenvalue weighted by Gasteiger charge is -2.32. The second-order valence-electron chi connectivity index (χ2n) is 4.80. The molecule has 0 spiro atoms. The Morgan fingerprint density at radius 1 is 1.44 bits per heavy atom. The van der Waals surface area contributed by atoms with E-state index in [2.05, 4.69) is 37.4 Å². The van der Waals surface area contributed by atoms with Gasteiger partial charge < -0.3 is 10.2 Å². The lowest BCUT2D eigenvalue weighted by atomic mass is 10.1. The predicted molar refractivity (Wildman–Crippen MR) is 77.4 cm³/mol. The van der Waals surface area contributed by atoms with E-state index in [9.17, 15) is 4.79 Å². The van der Waals surface area contributed by atoms with Crippen LogP contribution < -0.4 is 10.2 Å². The molecule has 0 bridgehead atoms. The van der Waals surface area contributed by atoms with Crippen molar-refractivity contribution < 1.29 is 4.79 Å². The number of rotatable bonds is 4. The molecule has 0 saturated carbocycles. The molecule has 1 aromatic carbocycles. The number of anilines is 1. The van der Waals surface area contributed by atoms with Crippen LogP contribution in [0.3, 0.4) is 0 Å². The number of likely N-dealkylation sites (N-methyl/N-ethyl adjacent to an activating group) is 1. The summed E-state index contributed by atoms with van der Waals surface area (Å²) in [7, 11) is 1.96. The average molecular weight is 264 g/mol. The number of hydrogen-bond donors (Lipinski definition) is 1. The van der Waals surface area contributed by atoms with Crippen LogP contribution in [0.4, 0.5) is 5.69 Å². The Morgan fingerprint density at radius 2 is 2.22 bits per heavy atom. The van der Waals surface area contributed by atoms with Crippen molar-refractivity contribution in [2.75, 3.05) is 24.2 Å². The van der Waals surface area contributed by atoms with Gasteiger partial charge in [-0.05, 0) is 51.6 Å². The highest BCUT2D eigenvalue weighted by Crippen LogP contribution is 2.37. The van der Waals surface area contributed by atoms with Gasteiger partial charge in [-0.3, -0.25) is 4.79 Å². The van der Waals surface area contributed by atoms with E-state index in [-0.39, 0.29) is 11.9 Å². The fraction of sp³-hybridized carbons (Fsp3) is 0.500. The number of nitrogens with zero attached hydrogens (tertiary/aromatic N) is 1.